The van der Waals surface area contributed by atoms with Crippen LogP contribution in [0.5, 0.6) is 0 Å². The van der Waals surface area contributed by atoms with Gasteiger partial charge < -0.3 is 20.8 Å². The van der Waals surface area contributed by atoms with E-state index in [2.05, 4.69) is 46.2 Å². The largest absolute Gasteiger partial charge is 0.462 e. The van der Waals surface area contributed by atoms with Gasteiger partial charge in [-0.3, -0.25) is 4.90 Å². The van der Waals surface area contributed by atoms with Gasteiger partial charge in [0.1, 0.15) is 5.82 Å². The van der Waals surface area contributed by atoms with Crippen molar-refractivity contribution in [3.05, 3.63) is 72.1 Å². The number of nitrogens with two attached hydrogens (primary N) is 1. The Balaban J connectivity index is 1.52. The van der Waals surface area contributed by atoms with Gasteiger partial charge in [0, 0.05) is 23.1 Å². The van der Waals surface area contributed by atoms with Crippen LogP contribution in [0.4, 0.5) is 22.0 Å². The summed E-state index contributed by atoms with van der Waals surface area (Å²) in [5.41, 5.74) is 11.8. The summed E-state index contributed by atoms with van der Waals surface area (Å²) in [6, 6.07) is 14.8. The smallest absolute Gasteiger partial charge is 0.323 e. The molecule has 4 aromatic rings. The maximum Gasteiger partial charge on any atom is 0.323 e. The molecule has 0 aliphatic carbocycles. The van der Waals surface area contributed by atoms with E-state index in [0.29, 0.717) is 29.2 Å². The van der Waals surface area contributed by atoms with Crippen molar-refractivity contribution in [3.8, 4) is 23.0 Å². The first-order chi connectivity index (χ1) is 17.0. The molecule has 0 fully saturated rings. The number of furan rings is 1. The second kappa shape index (κ2) is 10.8. The quantitative estimate of drug-likeness (QED) is 0.315. The van der Waals surface area contributed by atoms with E-state index in [1.807, 2.05) is 55.5 Å². The van der Waals surface area contributed by atoms with Crippen LogP contribution in [0.1, 0.15) is 25.0 Å². The first kappa shape index (κ1) is 23.9. The number of amides is 2. The van der Waals surface area contributed by atoms with Crippen LogP contribution in [0, 0.1) is 18.8 Å². The van der Waals surface area contributed by atoms with Crippen molar-refractivity contribution in [2.45, 2.75) is 20.8 Å². The number of aromatic nitrogens is 1. The lowest BCUT2D eigenvalue weighted by atomic mass is 10.0. The zero-order valence-corrected chi connectivity index (χ0v) is 20.2. The van der Waals surface area contributed by atoms with Gasteiger partial charge in [0.05, 0.1) is 23.8 Å². The maximum absolute atomic E-state index is 12.4. The average Bonchev–Trinajstić information content (AvgIpc) is 3.30. The molecule has 7 heteroatoms. The Morgan fingerprint density at radius 3 is 2.54 bits per heavy atom. The SMILES string of the molecule is CCN(CC)CC#Cc1cnc(N)c2c(-c3ccc(NC(=O)Nc4cccc(C)c4)cc3)coc12. The molecule has 0 aliphatic rings. The number of urea groups is 1. The Labute approximate surface area is 205 Å². The molecule has 2 aromatic heterocycles. The summed E-state index contributed by atoms with van der Waals surface area (Å²) >= 11 is 0. The second-order valence-electron chi connectivity index (χ2n) is 8.20. The highest BCUT2D eigenvalue weighted by atomic mass is 16.3. The highest BCUT2D eigenvalue weighted by Crippen LogP contribution is 2.35. The lowest BCUT2D eigenvalue weighted by Crippen LogP contribution is -2.22. The van der Waals surface area contributed by atoms with Crippen molar-refractivity contribution in [1.82, 2.24) is 9.88 Å². The maximum atomic E-state index is 12.4. The highest BCUT2D eigenvalue weighted by Gasteiger charge is 2.15. The number of nitrogen functional groups attached to an aromatic ring is 1. The number of hydrogen-bond acceptors (Lipinski definition) is 5. The Hall–Kier alpha value is -4.28. The van der Waals surface area contributed by atoms with Gasteiger partial charge >= 0.3 is 6.03 Å². The van der Waals surface area contributed by atoms with E-state index in [9.17, 15) is 4.79 Å². The third kappa shape index (κ3) is 5.62. The fourth-order valence-electron chi connectivity index (χ4n) is 3.81. The summed E-state index contributed by atoms with van der Waals surface area (Å²) < 4.78 is 5.88. The molecule has 0 aliphatic heterocycles. The van der Waals surface area contributed by atoms with Crippen molar-refractivity contribution >= 4 is 34.2 Å². The minimum Gasteiger partial charge on any atom is -0.462 e. The van der Waals surface area contributed by atoms with Crippen LogP contribution in [-0.4, -0.2) is 35.5 Å². The summed E-state index contributed by atoms with van der Waals surface area (Å²) in [4.78, 5) is 18.9. The van der Waals surface area contributed by atoms with Crippen molar-refractivity contribution < 1.29 is 9.21 Å². The number of benzene rings is 2. The van der Waals surface area contributed by atoms with E-state index in [4.69, 9.17) is 10.2 Å². The lowest BCUT2D eigenvalue weighted by Gasteiger charge is -2.13. The van der Waals surface area contributed by atoms with Gasteiger partial charge in [0.25, 0.3) is 0 Å². The summed E-state index contributed by atoms with van der Waals surface area (Å²) in [5.74, 6) is 6.76. The highest BCUT2D eigenvalue weighted by molar-refractivity contribution is 6.03. The predicted octanol–water partition coefficient (Wildman–Crippen LogP) is 5.72. The summed E-state index contributed by atoms with van der Waals surface area (Å²) in [6.07, 6.45) is 3.32. The van der Waals surface area contributed by atoms with Gasteiger partial charge in [-0.15, -0.1) is 0 Å². The number of aryl methyl sites for hydroxylation is 1. The van der Waals surface area contributed by atoms with Gasteiger partial charge in [-0.1, -0.05) is 50.0 Å². The van der Waals surface area contributed by atoms with Crippen LogP contribution in [-0.2, 0) is 0 Å². The first-order valence-electron chi connectivity index (χ1n) is 11.6. The van der Waals surface area contributed by atoms with Gasteiger partial charge in [-0.2, -0.15) is 0 Å². The number of nitrogens with zero attached hydrogens (tertiary/aromatic N) is 2. The van der Waals surface area contributed by atoms with Crippen LogP contribution in [0.25, 0.3) is 22.1 Å². The number of nitrogens with one attached hydrogen (secondary N) is 2. The van der Waals surface area contributed by atoms with Gasteiger partial charge in [0.2, 0.25) is 0 Å². The van der Waals surface area contributed by atoms with E-state index in [1.54, 1.807) is 12.5 Å². The molecule has 35 heavy (non-hydrogen) atoms. The number of carbonyl (C=O) groups excluding carboxylic acids is 1. The number of fused-ring (bicyclic) bond motifs is 1. The molecule has 0 saturated heterocycles. The minimum absolute atomic E-state index is 0.307. The molecule has 0 bridgehead atoms. The van der Waals surface area contributed by atoms with Gasteiger partial charge in [-0.25, -0.2) is 9.78 Å². The molecule has 4 N–H and O–H groups in total. The zero-order chi connectivity index (χ0) is 24.8. The number of pyridine rings is 1. The zero-order valence-electron chi connectivity index (χ0n) is 20.2. The average molecular weight is 468 g/mol. The number of anilines is 3. The van der Waals surface area contributed by atoms with Crippen molar-refractivity contribution in [1.29, 1.82) is 0 Å². The van der Waals surface area contributed by atoms with E-state index in [-0.39, 0.29) is 6.03 Å². The minimum atomic E-state index is -0.307. The topological polar surface area (TPSA) is 96.4 Å². The first-order valence-corrected chi connectivity index (χ1v) is 11.6. The fraction of sp³-hybridized carbons (Fsp3) is 0.214. The molecular weight excluding hydrogens is 438 g/mol. The molecule has 2 heterocycles. The van der Waals surface area contributed by atoms with Gasteiger partial charge in [-0.05, 0) is 55.4 Å². The molecule has 2 amide bonds. The molecule has 2 aromatic carbocycles. The van der Waals surface area contributed by atoms with Crippen LogP contribution < -0.4 is 16.4 Å². The second-order valence-corrected chi connectivity index (χ2v) is 8.20. The Morgan fingerprint density at radius 1 is 1.09 bits per heavy atom. The van der Waals surface area contributed by atoms with Crippen molar-refractivity contribution in [2.24, 2.45) is 0 Å². The van der Waals surface area contributed by atoms with E-state index in [0.717, 1.165) is 40.9 Å². The van der Waals surface area contributed by atoms with Crippen LogP contribution >= 0.6 is 0 Å². The van der Waals surface area contributed by atoms with Crippen molar-refractivity contribution in [3.63, 3.8) is 0 Å². The third-order valence-corrected chi connectivity index (χ3v) is 5.77. The normalized spacial score (nSPS) is 10.7. The molecule has 0 spiro atoms. The Bertz CT molecular complexity index is 1390. The van der Waals surface area contributed by atoms with E-state index >= 15 is 0 Å². The molecule has 178 valence electrons. The number of rotatable bonds is 6. The third-order valence-electron chi connectivity index (χ3n) is 5.77. The molecular formula is C28H29N5O2. The predicted molar refractivity (Wildman–Crippen MR) is 142 cm³/mol. The fourth-order valence-corrected chi connectivity index (χ4v) is 3.81. The standard InChI is InChI=1S/C28H29N5O2/c1-4-33(5-2)15-7-9-21-17-30-27(29)25-24(18-35-26(21)25)20-11-13-22(14-12-20)31-28(34)32-23-10-6-8-19(3)16-23/h6,8,10-14,16-18H,4-5,15H2,1-3H3,(H2,29,30)(H2,31,32,34). The summed E-state index contributed by atoms with van der Waals surface area (Å²) in [6.45, 7) is 8.78. The van der Waals surface area contributed by atoms with E-state index < -0.39 is 0 Å². The molecule has 0 atom stereocenters. The lowest BCUT2D eigenvalue weighted by molar-refractivity contribution is 0.262. The monoisotopic (exact) mass is 467 g/mol. The van der Waals surface area contributed by atoms with Crippen molar-refractivity contribution in [2.75, 3.05) is 36.0 Å². The Kier molecular flexibility index (Phi) is 7.34. The molecule has 0 unspecified atom stereocenters. The summed E-state index contributed by atoms with van der Waals surface area (Å²) in [7, 11) is 0. The van der Waals surface area contributed by atoms with Crippen LogP contribution in [0.15, 0.2) is 65.4 Å². The van der Waals surface area contributed by atoms with Gasteiger partial charge in [0.15, 0.2) is 5.58 Å². The van der Waals surface area contributed by atoms with Crippen LogP contribution in [0.3, 0.4) is 0 Å². The Morgan fingerprint density at radius 2 is 1.83 bits per heavy atom. The molecule has 7 nitrogen and oxygen atoms in total. The number of carbonyl (C=O) groups is 1. The van der Waals surface area contributed by atoms with Crippen LogP contribution in [0.2, 0.25) is 0 Å². The molecule has 0 saturated carbocycles. The molecule has 0 radical (unpaired) electrons. The van der Waals surface area contributed by atoms with E-state index in [1.165, 1.54) is 0 Å². The summed E-state index contributed by atoms with van der Waals surface area (Å²) in [5, 5.41) is 6.42. The number of hydrogen-bond donors (Lipinski definition) is 3. The molecule has 4 rings (SSSR count).